The van der Waals surface area contributed by atoms with Crippen molar-refractivity contribution in [3.05, 3.63) is 0 Å². The molecule has 15 heavy (non-hydrogen) atoms. The fourth-order valence-corrected chi connectivity index (χ4v) is 3.28. The summed E-state index contributed by atoms with van der Waals surface area (Å²) >= 11 is 0. The number of hydrogen-bond donors (Lipinski definition) is 1. The molecule has 1 atom stereocenters. The largest absolute Gasteiger partial charge is 0.324 e. The fraction of sp³-hybridized carbons (Fsp3) is 1.00. The van der Waals surface area contributed by atoms with Crippen molar-refractivity contribution in [3.63, 3.8) is 0 Å². The highest BCUT2D eigenvalue weighted by atomic mass is 15.2. The van der Waals surface area contributed by atoms with Gasteiger partial charge in [-0.1, -0.05) is 32.1 Å². The van der Waals surface area contributed by atoms with Crippen molar-refractivity contribution in [2.24, 2.45) is 11.7 Å². The molecule has 2 N–H and O–H groups in total. The predicted octanol–water partition coefficient (Wildman–Crippen LogP) is 2.38. The second-order valence-electron chi connectivity index (χ2n) is 5.89. The zero-order chi connectivity index (χ0) is 10.7. The molecule has 2 rings (SSSR count). The van der Waals surface area contributed by atoms with E-state index in [0.717, 1.165) is 12.5 Å². The third-order valence-electron chi connectivity index (χ3n) is 4.35. The van der Waals surface area contributed by atoms with Crippen LogP contribution >= 0.6 is 0 Å². The number of nitrogens with two attached hydrogens (primary N) is 1. The lowest BCUT2D eigenvalue weighted by molar-refractivity contribution is 0.283. The monoisotopic (exact) mass is 210 g/mol. The minimum atomic E-state index is 0.145. The summed E-state index contributed by atoms with van der Waals surface area (Å²) in [6, 6.07) is 0. The van der Waals surface area contributed by atoms with Gasteiger partial charge >= 0.3 is 0 Å². The maximum Gasteiger partial charge on any atom is 0.0295 e. The first-order valence-electron chi connectivity index (χ1n) is 6.65. The van der Waals surface area contributed by atoms with Crippen LogP contribution in [0.2, 0.25) is 0 Å². The summed E-state index contributed by atoms with van der Waals surface area (Å²) in [5.74, 6) is 0.991. The lowest BCUT2D eigenvalue weighted by Gasteiger charge is -2.28. The smallest absolute Gasteiger partial charge is 0.0295 e. The average Bonchev–Trinajstić information content (AvgIpc) is 2.58. The van der Waals surface area contributed by atoms with Crippen LogP contribution in [0, 0.1) is 5.92 Å². The Hall–Kier alpha value is -0.0800. The molecule has 1 unspecified atom stereocenters. The molecule has 0 aromatic heterocycles. The Morgan fingerprint density at radius 1 is 1.27 bits per heavy atom. The van der Waals surface area contributed by atoms with E-state index in [1.54, 1.807) is 0 Å². The van der Waals surface area contributed by atoms with Crippen LogP contribution in [0.4, 0.5) is 0 Å². The van der Waals surface area contributed by atoms with Gasteiger partial charge in [0.05, 0.1) is 0 Å². The Morgan fingerprint density at radius 3 is 2.60 bits per heavy atom. The van der Waals surface area contributed by atoms with E-state index >= 15 is 0 Å². The van der Waals surface area contributed by atoms with Crippen LogP contribution in [0.3, 0.4) is 0 Å². The zero-order valence-electron chi connectivity index (χ0n) is 10.2. The highest BCUT2D eigenvalue weighted by molar-refractivity contribution is 4.93. The Bertz CT molecular complexity index is 199. The number of nitrogens with zero attached hydrogens (tertiary/aromatic N) is 1. The maximum absolute atomic E-state index is 6.42. The van der Waals surface area contributed by atoms with Gasteiger partial charge in [-0.25, -0.2) is 0 Å². The Balaban J connectivity index is 1.72. The van der Waals surface area contributed by atoms with Crippen molar-refractivity contribution in [1.29, 1.82) is 0 Å². The lowest BCUT2D eigenvalue weighted by Crippen LogP contribution is -2.42. The first-order valence-corrected chi connectivity index (χ1v) is 6.65. The summed E-state index contributed by atoms with van der Waals surface area (Å²) < 4.78 is 0. The Morgan fingerprint density at radius 2 is 2.00 bits per heavy atom. The molecule has 1 aliphatic carbocycles. The third kappa shape index (κ3) is 3.18. The van der Waals surface area contributed by atoms with E-state index in [1.165, 1.54) is 57.9 Å². The van der Waals surface area contributed by atoms with Gasteiger partial charge in [-0.05, 0) is 38.8 Å². The number of likely N-dealkylation sites (tertiary alicyclic amines) is 1. The molecule has 0 amide bonds. The van der Waals surface area contributed by atoms with E-state index in [9.17, 15) is 0 Å². The van der Waals surface area contributed by atoms with Crippen LogP contribution in [0.5, 0.6) is 0 Å². The second kappa shape index (κ2) is 4.84. The van der Waals surface area contributed by atoms with Gasteiger partial charge in [0.15, 0.2) is 0 Å². The first kappa shape index (κ1) is 11.4. The van der Waals surface area contributed by atoms with Gasteiger partial charge in [-0.2, -0.15) is 0 Å². The number of likely N-dealkylation sites (N-methyl/N-ethyl adjacent to an activating group) is 1. The summed E-state index contributed by atoms with van der Waals surface area (Å²) in [7, 11) is 2.19. The SMILES string of the molecule is CN1CCC(N)(CCC2CCCCC2)C1. The van der Waals surface area contributed by atoms with Gasteiger partial charge in [0, 0.05) is 12.1 Å². The minimum Gasteiger partial charge on any atom is -0.324 e. The Labute approximate surface area is 94.2 Å². The Kier molecular flexibility index (Phi) is 3.68. The molecule has 1 heterocycles. The molecule has 0 aromatic carbocycles. The summed E-state index contributed by atoms with van der Waals surface area (Å²) in [5, 5.41) is 0. The molecular formula is C13H26N2. The molecule has 0 radical (unpaired) electrons. The molecule has 88 valence electrons. The van der Waals surface area contributed by atoms with Crippen molar-refractivity contribution in [1.82, 2.24) is 4.90 Å². The van der Waals surface area contributed by atoms with Crippen LogP contribution in [0.25, 0.3) is 0 Å². The summed E-state index contributed by atoms with van der Waals surface area (Å²) in [6.07, 6.45) is 11.2. The van der Waals surface area contributed by atoms with E-state index in [4.69, 9.17) is 5.73 Å². The van der Waals surface area contributed by atoms with Crippen molar-refractivity contribution in [3.8, 4) is 0 Å². The summed E-state index contributed by atoms with van der Waals surface area (Å²) in [5.41, 5.74) is 6.57. The molecule has 0 bridgehead atoms. The summed E-state index contributed by atoms with van der Waals surface area (Å²) in [6.45, 7) is 2.31. The first-order chi connectivity index (χ1) is 7.18. The van der Waals surface area contributed by atoms with Crippen molar-refractivity contribution < 1.29 is 0 Å². The van der Waals surface area contributed by atoms with Crippen molar-refractivity contribution in [2.45, 2.75) is 56.9 Å². The zero-order valence-corrected chi connectivity index (χ0v) is 10.2. The average molecular weight is 210 g/mol. The van der Waals surface area contributed by atoms with Gasteiger partial charge in [-0.3, -0.25) is 0 Å². The molecule has 2 nitrogen and oxygen atoms in total. The van der Waals surface area contributed by atoms with E-state index in [1.807, 2.05) is 0 Å². The molecule has 2 heteroatoms. The second-order valence-corrected chi connectivity index (χ2v) is 5.89. The van der Waals surface area contributed by atoms with E-state index < -0.39 is 0 Å². The molecular weight excluding hydrogens is 184 g/mol. The van der Waals surface area contributed by atoms with Crippen molar-refractivity contribution in [2.75, 3.05) is 20.1 Å². The summed E-state index contributed by atoms with van der Waals surface area (Å²) in [4.78, 5) is 2.38. The molecule has 0 aromatic rings. The third-order valence-corrected chi connectivity index (χ3v) is 4.35. The molecule has 1 aliphatic heterocycles. The fourth-order valence-electron chi connectivity index (χ4n) is 3.28. The standard InChI is InChI=1S/C13H26N2/c1-15-10-9-13(14,11-15)8-7-12-5-3-2-4-6-12/h12H,2-11,14H2,1H3. The molecule has 2 fully saturated rings. The normalized spacial score (nSPS) is 34.8. The molecule has 1 saturated carbocycles. The van der Waals surface area contributed by atoms with Gasteiger partial charge in [0.1, 0.15) is 0 Å². The molecule has 2 aliphatic rings. The minimum absolute atomic E-state index is 0.145. The maximum atomic E-state index is 6.42. The molecule has 1 saturated heterocycles. The van der Waals surface area contributed by atoms with Gasteiger partial charge in [0.2, 0.25) is 0 Å². The molecule has 0 spiro atoms. The van der Waals surface area contributed by atoms with E-state index in [-0.39, 0.29) is 5.54 Å². The van der Waals surface area contributed by atoms with Crippen LogP contribution < -0.4 is 5.73 Å². The quantitative estimate of drug-likeness (QED) is 0.775. The number of hydrogen-bond acceptors (Lipinski definition) is 2. The van der Waals surface area contributed by atoms with Crippen LogP contribution in [-0.4, -0.2) is 30.6 Å². The number of rotatable bonds is 3. The topological polar surface area (TPSA) is 29.3 Å². The van der Waals surface area contributed by atoms with Crippen LogP contribution in [0.1, 0.15) is 51.4 Å². The predicted molar refractivity (Wildman–Crippen MR) is 64.8 cm³/mol. The van der Waals surface area contributed by atoms with Crippen molar-refractivity contribution >= 4 is 0 Å². The van der Waals surface area contributed by atoms with Crippen LogP contribution in [0.15, 0.2) is 0 Å². The van der Waals surface area contributed by atoms with Gasteiger partial charge < -0.3 is 10.6 Å². The lowest BCUT2D eigenvalue weighted by atomic mass is 9.82. The highest BCUT2D eigenvalue weighted by Crippen LogP contribution is 2.31. The van der Waals surface area contributed by atoms with Gasteiger partial charge in [0.25, 0.3) is 0 Å². The van der Waals surface area contributed by atoms with Crippen LogP contribution in [-0.2, 0) is 0 Å². The van der Waals surface area contributed by atoms with E-state index in [2.05, 4.69) is 11.9 Å². The van der Waals surface area contributed by atoms with E-state index in [0.29, 0.717) is 0 Å². The highest BCUT2D eigenvalue weighted by Gasteiger charge is 2.32. The van der Waals surface area contributed by atoms with Gasteiger partial charge in [-0.15, -0.1) is 0 Å².